The Morgan fingerprint density at radius 3 is 2.63 bits per heavy atom. The van der Waals surface area contributed by atoms with E-state index >= 15 is 0 Å². The molecule has 4 heteroatoms. The number of nitrogens with zero attached hydrogens (tertiary/aromatic N) is 2. The van der Waals surface area contributed by atoms with E-state index in [9.17, 15) is 0 Å². The predicted octanol–water partition coefficient (Wildman–Crippen LogP) is 3.96. The van der Waals surface area contributed by atoms with Gasteiger partial charge in [0.1, 0.15) is 17.2 Å². The molecule has 0 aliphatic heterocycles. The van der Waals surface area contributed by atoms with Crippen LogP contribution in [0.3, 0.4) is 0 Å². The minimum absolute atomic E-state index is 0.690. The molecule has 0 amide bonds. The molecular weight excluding hydrogens is 302 g/mol. The topological polar surface area (TPSA) is 43.3 Å². The third kappa shape index (κ3) is 1.92. The van der Waals surface area contributed by atoms with E-state index in [0.29, 0.717) is 5.82 Å². The molecule has 2 aromatic heterocycles. The van der Waals surface area contributed by atoms with Crippen molar-refractivity contribution in [2.45, 2.75) is 13.8 Å². The summed E-state index contributed by atoms with van der Waals surface area (Å²) >= 11 is 3.51. The van der Waals surface area contributed by atoms with E-state index in [1.807, 2.05) is 41.7 Å². The Bertz CT molecular complexity index is 774. The summed E-state index contributed by atoms with van der Waals surface area (Å²) in [6, 6.07) is 12.1. The number of anilines is 1. The number of hydrogen-bond acceptors (Lipinski definition) is 2. The van der Waals surface area contributed by atoms with Crippen LogP contribution in [0.1, 0.15) is 11.3 Å². The second kappa shape index (κ2) is 4.38. The molecule has 0 aliphatic rings. The fourth-order valence-electron chi connectivity index (χ4n) is 2.29. The normalized spacial score (nSPS) is 11.1. The van der Waals surface area contributed by atoms with Crippen molar-refractivity contribution >= 4 is 27.4 Å². The van der Waals surface area contributed by atoms with E-state index in [2.05, 4.69) is 33.9 Å². The van der Waals surface area contributed by atoms with Gasteiger partial charge in [-0.3, -0.25) is 4.40 Å². The first-order valence-electron chi connectivity index (χ1n) is 6.08. The number of aryl methyl sites for hydroxylation is 2. The highest BCUT2D eigenvalue weighted by Gasteiger charge is 2.12. The molecule has 0 saturated heterocycles. The van der Waals surface area contributed by atoms with Crippen molar-refractivity contribution in [2.75, 3.05) is 5.73 Å². The predicted molar refractivity (Wildman–Crippen MR) is 82.2 cm³/mol. The summed E-state index contributed by atoms with van der Waals surface area (Å²) in [4.78, 5) is 4.64. The second-order valence-electron chi connectivity index (χ2n) is 4.67. The van der Waals surface area contributed by atoms with Crippen molar-refractivity contribution in [1.82, 2.24) is 9.38 Å². The molecule has 1 aromatic carbocycles. The van der Waals surface area contributed by atoms with E-state index in [4.69, 9.17) is 5.73 Å². The van der Waals surface area contributed by atoms with Gasteiger partial charge in [0, 0.05) is 15.7 Å². The number of nitrogen functional groups attached to an aromatic ring is 1. The van der Waals surface area contributed by atoms with Gasteiger partial charge >= 0.3 is 0 Å². The Hall–Kier alpha value is -1.81. The smallest absolute Gasteiger partial charge is 0.139 e. The maximum Gasteiger partial charge on any atom is 0.139 e. The van der Waals surface area contributed by atoms with Gasteiger partial charge in [0.05, 0.1) is 0 Å². The highest BCUT2D eigenvalue weighted by molar-refractivity contribution is 9.10. The van der Waals surface area contributed by atoms with E-state index in [-0.39, 0.29) is 0 Å². The molecule has 96 valence electrons. The molecule has 0 aliphatic carbocycles. The van der Waals surface area contributed by atoms with Crippen molar-refractivity contribution in [3.8, 4) is 11.3 Å². The molecule has 0 unspecified atom stereocenters. The molecule has 3 aromatic rings. The van der Waals surface area contributed by atoms with Gasteiger partial charge in [0.15, 0.2) is 0 Å². The van der Waals surface area contributed by atoms with Gasteiger partial charge in [-0.1, -0.05) is 28.1 Å². The number of hydrogen-bond donors (Lipinski definition) is 1. The first-order chi connectivity index (χ1) is 9.08. The fourth-order valence-corrected chi connectivity index (χ4v) is 2.53. The van der Waals surface area contributed by atoms with E-state index < -0.39 is 0 Å². The summed E-state index contributed by atoms with van der Waals surface area (Å²) in [5.74, 6) is 0.690. The van der Waals surface area contributed by atoms with Gasteiger partial charge in [-0.05, 0) is 43.7 Å². The van der Waals surface area contributed by atoms with Crippen molar-refractivity contribution in [2.24, 2.45) is 0 Å². The molecule has 3 nitrogen and oxygen atoms in total. The van der Waals surface area contributed by atoms with Gasteiger partial charge in [0.25, 0.3) is 0 Å². The molecule has 2 heterocycles. The number of imidazole rings is 1. The third-order valence-corrected chi connectivity index (χ3v) is 4.20. The molecule has 0 fully saturated rings. The van der Waals surface area contributed by atoms with Crippen molar-refractivity contribution in [1.29, 1.82) is 0 Å². The molecule has 0 radical (unpaired) electrons. The Morgan fingerprint density at radius 2 is 1.95 bits per heavy atom. The highest BCUT2D eigenvalue weighted by Crippen LogP contribution is 2.29. The summed E-state index contributed by atoms with van der Waals surface area (Å²) < 4.78 is 3.07. The first-order valence-corrected chi connectivity index (χ1v) is 6.87. The number of fused-ring (bicyclic) bond motifs is 1. The van der Waals surface area contributed by atoms with Crippen LogP contribution >= 0.6 is 15.9 Å². The molecule has 0 bridgehead atoms. The Labute approximate surface area is 120 Å². The monoisotopic (exact) mass is 315 g/mol. The van der Waals surface area contributed by atoms with E-state index in [0.717, 1.165) is 27.1 Å². The highest BCUT2D eigenvalue weighted by atomic mass is 79.9. The number of benzene rings is 1. The minimum atomic E-state index is 0.690. The molecule has 0 saturated carbocycles. The number of aromatic nitrogens is 2. The Kier molecular flexibility index (Phi) is 2.82. The lowest BCUT2D eigenvalue weighted by Crippen LogP contribution is -1.97. The van der Waals surface area contributed by atoms with Crippen LogP contribution in [0.25, 0.3) is 16.9 Å². The van der Waals surface area contributed by atoms with Gasteiger partial charge in [-0.2, -0.15) is 0 Å². The quantitative estimate of drug-likeness (QED) is 0.738. The van der Waals surface area contributed by atoms with E-state index in [1.165, 1.54) is 5.56 Å². The average molecular weight is 316 g/mol. The van der Waals surface area contributed by atoms with Gasteiger partial charge in [-0.15, -0.1) is 0 Å². The minimum Gasteiger partial charge on any atom is -0.383 e. The Balaban J connectivity index is 2.28. The van der Waals surface area contributed by atoms with Crippen molar-refractivity contribution in [3.63, 3.8) is 0 Å². The van der Waals surface area contributed by atoms with Crippen molar-refractivity contribution in [3.05, 3.63) is 52.1 Å². The standard InChI is InChI=1S/C15H14BrN3/c1-9-8-11(6-7-12(9)16)14-15(17)19-10(2)4-3-5-13(19)18-14/h3-8H,17H2,1-2H3. The zero-order valence-corrected chi connectivity index (χ0v) is 12.4. The van der Waals surface area contributed by atoms with Crippen LogP contribution in [0.15, 0.2) is 40.9 Å². The summed E-state index contributed by atoms with van der Waals surface area (Å²) in [5, 5.41) is 0. The zero-order valence-electron chi connectivity index (χ0n) is 10.8. The van der Waals surface area contributed by atoms with Gasteiger partial charge in [-0.25, -0.2) is 4.98 Å². The summed E-state index contributed by atoms with van der Waals surface area (Å²) in [5.41, 5.74) is 11.3. The fraction of sp³-hybridized carbons (Fsp3) is 0.133. The molecule has 19 heavy (non-hydrogen) atoms. The van der Waals surface area contributed by atoms with Gasteiger partial charge < -0.3 is 5.73 Å². The molecule has 2 N–H and O–H groups in total. The maximum absolute atomic E-state index is 6.25. The lowest BCUT2D eigenvalue weighted by atomic mass is 10.1. The summed E-state index contributed by atoms with van der Waals surface area (Å²) in [7, 11) is 0. The molecule has 0 atom stereocenters. The number of rotatable bonds is 1. The first kappa shape index (κ1) is 12.2. The van der Waals surface area contributed by atoms with E-state index in [1.54, 1.807) is 0 Å². The number of nitrogens with two attached hydrogens (primary N) is 1. The lowest BCUT2D eigenvalue weighted by Gasteiger charge is -2.04. The number of halogens is 1. The van der Waals surface area contributed by atoms with Gasteiger partial charge in [0.2, 0.25) is 0 Å². The molecular formula is C15H14BrN3. The molecule has 0 spiro atoms. The SMILES string of the molecule is Cc1cc(-c2nc3cccc(C)n3c2N)ccc1Br. The van der Waals surface area contributed by atoms with Crippen LogP contribution in [0, 0.1) is 13.8 Å². The Morgan fingerprint density at radius 1 is 1.16 bits per heavy atom. The van der Waals surface area contributed by atoms with Crippen LogP contribution in [-0.4, -0.2) is 9.38 Å². The average Bonchev–Trinajstić information content (AvgIpc) is 2.72. The second-order valence-corrected chi connectivity index (χ2v) is 5.52. The van der Waals surface area contributed by atoms with Crippen LogP contribution < -0.4 is 5.73 Å². The maximum atomic E-state index is 6.25. The van der Waals surface area contributed by atoms with Crippen LogP contribution in [0.5, 0.6) is 0 Å². The summed E-state index contributed by atoms with van der Waals surface area (Å²) in [6.45, 7) is 4.09. The molecule has 3 rings (SSSR count). The van der Waals surface area contributed by atoms with Crippen molar-refractivity contribution < 1.29 is 0 Å². The summed E-state index contributed by atoms with van der Waals surface area (Å²) in [6.07, 6.45) is 0. The van der Waals surface area contributed by atoms with Crippen LogP contribution in [0.2, 0.25) is 0 Å². The largest absolute Gasteiger partial charge is 0.383 e. The number of pyridine rings is 1. The van der Waals surface area contributed by atoms with Crippen LogP contribution in [-0.2, 0) is 0 Å². The third-order valence-electron chi connectivity index (χ3n) is 3.31. The lowest BCUT2D eigenvalue weighted by molar-refractivity contribution is 1.10. The zero-order chi connectivity index (χ0) is 13.6. The van der Waals surface area contributed by atoms with Crippen LogP contribution in [0.4, 0.5) is 5.82 Å².